The highest BCUT2D eigenvalue weighted by molar-refractivity contribution is 5.56. The Bertz CT molecular complexity index is 172. The summed E-state index contributed by atoms with van der Waals surface area (Å²) in [6.45, 7) is 8.09. The normalized spacial score (nSPS) is 37.1. The van der Waals surface area contributed by atoms with Crippen LogP contribution in [-0.2, 0) is 4.79 Å². The third-order valence-corrected chi connectivity index (χ3v) is 2.84. The molecular weight excluding hydrogens is 136 g/mol. The molecule has 1 aliphatic carbocycles. The number of hydrogen-bond acceptors (Lipinski definition) is 1. The van der Waals surface area contributed by atoms with E-state index in [0.29, 0.717) is 11.8 Å². The summed E-state index contributed by atoms with van der Waals surface area (Å²) in [5.41, 5.74) is 1.17. The van der Waals surface area contributed by atoms with Crippen LogP contribution in [0.5, 0.6) is 0 Å². The van der Waals surface area contributed by atoms with Crippen LogP contribution in [0.2, 0.25) is 0 Å². The third-order valence-electron chi connectivity index (χ3n) is 2.84. The van der Waals surface area contributed by atoms with E-state index in [1.165, 1.54) is 12.0 Å². The molecule has 62 valence electrons. The zero-order valence-corrected chi connectivity index (χ0v) is 7.34. The lowest BCUT2D eigenvalue weighted by molar-refractivity contribution is -0.112. The molecule has 0 radical (unpaired) electrons. The molecule has 1 heteroatoms. The summed E-state index contributed by atoms with van der Waals surface area (Å²) in [6, 6.07) is 0. The van der Waals surface area contributed by atoms with Gasteiger partial charge in [0.25, 0.3) is 0 Å². The first-order chi connectivity index (χ1) is 5.16. The van der Waals surface area contributed by atoms with Crippen LogP contribution in [0.15, 0.2) is 12.2 Å². The van der Waals surface area contributed by atoms with E-state index >= 15 is 0 Å². The van der Waals surface area contributed by atoms with Gasteiger partial charge in [0.15, 0.2) is 0 Å². The fraction of sp³-hybridized carbons (Fsp3) is 0.700. The van der Waals surface area contributed by atoms with Gasteiger partial charge in [-0.1, -0.05) is 19.1 Å². The van der Waals surface area contributed by atoms with E-state index in [9.17, 15) is 4.79 Å². The van der Waals surface area contributed by atoms with Crippen molar-refractivity contribution >= 4 is 6.29 Å². The van der Waals surface area contributed by atoms with Crippen LogP contribution in [0.25, 0.3) is 0 Å². The Morgan fingerprint density at radius 2 is 2.18 bits per heavy atom. The van der Waals surface area contributed by atoms with Crippen molar-refractivity contribution in [3.05, 3.63) is 12.2 Å². The van der Waals surface area contributed by atoms with Gasteiger partial charge in [-0.15, -0.1) is 0 Å². The van der Waals surface area contributed by atoms with Crippen LogP contribution < -0.4 is 0 Å². The molecule has 11 heavy (non-hydrogen) atoms. The number of carbonyl (C=O) groups excluding carboxylic acids is 1. The van der Waals surface area contributed by atoms with Gasteiger partial charge in [0, 0.05) is 5.92 Å². The zero-order valence-electron chi connectivity index (χ0n) is 7.34. The minimum Gasteiger partial charge on any atom is -0.303 e. The lowest BCUT2D eigenvalue weighted by Gasteiger charge is -2.16. The average molecular weight is 152 g/mol. The van der Waals surface area contributed by atoms with Gasteiger partial charge in [-0.3, -0.25) is 0 Å². The lowest BCUT2D eigenvalue weighted by atomic mass is 9.88. The van der Waals surface area contributed by atoms with Crippen LogP contribution in [-0.4, -0.2) is 6.29 Å². The summed E-state index contributed by atoms with van der Waals surface area (Å²) in [4.78, 5) is 10.7. The minimum atomic E-state index is 0.243. The number of aldehydes is 1. The highest BCUT2D eigenvalue weighted by Gasteiger charge is 2.32. The van der Waals surface area contributed by atoms with Gasteiger partial charge in [-0.25, -0.2) is 0 Å². The van der Waals surface area contributed by atoms with Crippen LogP contribution in [0.4, 0.5) is 0 Å². The van der Waals surface area contributed by atoms with Crippen molar-refractivity contribution in [1.29, 1.82) is 0 Å². The molecule has 1 fully saturated rings. The lowest BCUT2D eigenvalue weighted by Crippen LogP contribution is -2.14. The van der Waals surface area contributed by atoms with Gasteiger partial charge in [-0.05, 0) is 31.6 Å². The first kappa shape index (κ1) is 8.51. The van der Waals surface area contributed by atoms with Crippen LogP contribution in [0.1, 0.15) is 26.7 Å². The second kappa shape index (κ2) is 3.21. The van der Waals surface area contributed by atoms with Crippen LogP contribution in [0.3, 0.4) is 0 Å². The summed E-state index contributed by atoms with van der Waals surface area (Å²) in [5, 5.41) is 0. The Hall–Kier alpha value is -0.590. The predicted octanol–water partition coefficient (Wildman–Crippen LogP) is 2.42. The smallest absolute Gasteiger partial charge is 0.123 e. The molecule has 3 atom stereocenters. The SMILES string of the molecule is C=C(C)[C@@H]1CC[C@H](C)[C@H]1C=O. The number of carbonyl (C=O) groups is 1. The van der Waals surface area contributed by atoms with Crippen molar-refractivity contribution in [2.24, 2.45) is 17.8 Å². The second-order valence-electron chi connectivity index (χ2n) is 3.72. The number of hydrogen-bond donors (Lipinski definition) is 0. The summed E-state index contributed by atoms with van der Waals surface area (Å²) in [6.07, 6.45) is 3.44. The van der Waals surface area contributed by atoms with Crippen molar-refractivity contribution in [1.82, 2.24) is 0 Å². The number of allylic oxidation sites excluding steroid dienone is 1. The Balaban J connectivity index is 2.68. The average Bonchev–Trinajstić information content (AvgIpc) is 2.30. The predicted molar refractivity (Wildman–Crippen MR) is 46.3 cm³/mol. The first-order valence-corrected chi connectivity index (χ1v) is 4.27. The zero-order chi connectivity index (χ0) is 8.43. The molecule has 0 saturated heterocycles. The standard InChI is InChI=1S/C10H16O/c1-7(2)9-5-4-8(3)10(9)6-11/h6,8-10H,1,4-5H2,2-3H3/t8-,9-,10+/m0/s1. The Morgan fingerprint density at radius 1 is 1.55 bits per heavy atom. The molecule has 0 aliphatic heterocycles. The van der Waals surface area contributed by atoms with E-state index in [2.05, 4.69) is 13.5 Å². The topological polar surface area (TPSA) is 17.1 Å². The maximum Gasteiger partial charge on any atom is 0.123 e. The molecule has 0 bridgehead atoms. The third kappa shape index (κ3) is 1.52. The fourth-order valence-corrected chi connectivity index (χ4v) is 2.03. The molecule has 0 aromatic carbocycles. The molecule has 0 unspecified atom stereocenters. The fourth-order valence-electron chi connectivity index (χ4n) is 2.03. The molecule has 0 amide bonds. The first-order valence-electron chi connectivity index (χ1n) is 4.27. The molecule has 0 spiro atoms. The summed E-state index contributed by atoms with van der Waals surface area (Å²) < 4.78 is 0. The van der Waals surface area contributed by atoms with Gasteiger partial charge in [0.05, 0.1) is 0 Å². The molecule has 1 rings (SSSR count). The maximum absolute atomic E-state index is 10.7. The van der Waals surface area contributed by atoms with Crippen molar-refractivity contribution < 1.29 is 4.79 Å². The van der Waals surface area contributed by atoms with Crippen LogP contribution >= 0.6 is 0 Å². The largest absolute Gasteiger partial charge is 0.303 e. The Kier molecular flexibility index (Phi) is 2.48. The monoisotopic (exact) mass is 152 g/mol. The molecule has 1 nitrogen and oxygen atoms in total. The highest BCUT2D eigenvalue weighted by Crippen LogP contribution is 2.38. The molecular formula is C10H16O. The molecule has 0 aromatic rings. The van der Waals surface area contributed by atoms with Crippen molar-refractivity contribution in [2.45, 2.75) is 26.7 Å². The Labute approximate surface area is 68.5 Å². The molecule has 0 heterocycles. The highest BCUT2D eigenvalue weighted by atomic mass is 16.1. The van der Waals surface area contributed by atoms with Gasteiger partial charge in [-0.2, -0.15) is 0 Å². The molecule has 1 saturated carbocycles. The van der Waals surface area contributed by atoms with E-state index in [1.54, 1.807) is 0 Å². The van der Waals surface area contributed by atoms with Crippen molar-refractivity contribution in [3.8, 4) is 0 Å². The van der Waals surface area contributed by atoms with Gasteiger partial charge >= 0.3 is 0 Å². The van der Waals surface area contributed by atoms with Crippen molar-refractivity contribution in [3.63, 3.8) is 0 Å². The van der Waals surface area contributed by atoms with E-state index < -0.39 is 0 Å². The molecule has 0 aromatic heterocycles. The molecule has 1 aliphatic rings. The van der Waals surface area contributed by atoms with Crippen molar-refractivity contribution in [2.75, 3.05) is 0 Å². The van der Waals surface area contributed by atoms with Gasteiger partial charge in [0.1, 0.15) is 6.29 Å². The van der Waals surface area contributed by atoms with E-state index in [0.717, 1.165) is 12.7 Å². The van der Waals surface area contributed by atoms with E-state index in [1.807, 2.05) is 6.92 Å². The quantitative estimate of drug-likeness (QED) is 0.438. The minimum absolute atomic E-state index is 0.243. The maximum atomic E-state index is 10.7. The molecule has 0 N–H and O–H groups in total. The number of rotatable bonds is 2. The second-order valence-corrected chi connectivity index (χ2v) is 3.72. The Morgan fingerprint density at radius 3 is 2.55 bits per heavy atom. The van der Waals surface area contributed by atoms with Gasteiger partial charge < -0.3 is 4.79 Å². The summed E-state index contributed by atoms with van der Waals surface area (Å²) in [5.74, 6) is 1.27. The summed E-state index contributed by atoms with van der Waals surface area (Å²) >= 11 is 0. The van der Waals surface area contributed by atoms with Crippen LogP contribution in [0, 0.1) is 17.8 Å². The van der Waals surface area contributed by atoms with Gasteiger partial charge in [0.2, 0.25) is 0 Å². The van der Waals surface area contributed by atoms with E-state index in [4.69, 9.17) is 0 Å². The van der Waals surface area contributed by atoms with E-state index in [-0.39, 0.29) is 5.92 Å². The summed E-state index contributed by atoms with van der Waals surface area (Å²) in [7, 11) is 0.